The molecule has 1 aliphatic rings. The number of ether oxygens (including phenoxy) is 1. The average Bonchev–Trinajstić information content (AvgIpc) is 2.59. The summed E-state index contributed by atoms with van der Waals surface area (Å²) in [6.45, 7) is 10.1. The second kappa shape index (κ2) is 5.80. The van der Waals surface area contributed by atoms with E-state index in [4.69, 9.17) is 9.94 Å². The molecule has 1 atom stereocenters. The molecule has 0 aliphatic carbocycles. The van der Waals surface area contributed by atoms with Gasteiger partial charge in [0.05, 0.1) is 5.60 Å². The molecule has 1 unspecified atom stereocenters. The van der Waals surface area contributed by atoms with Gasteiger partial charge in [-0.15, -0.1) is 0 Å². The number of hydrogen-bond acceptors (Lipinski definition) is 4. The van der Waals surface area contributed by atoms with E-state index in [1.807, 2.05) is 0 Å². The number of hydroxylamine groups is 1. The molecule has 1 rings (SSSR count). The van der Waals surface area contributed by atoms with Gasteiger partial charge in [-0.25, -0.2) is 5.48 Å². The highest BCUT2D eigenvalue weighted by Gasteiger charge is 2.21. The molecule has 0 bridgehead atoms. The molecule has 1 fully saturated rings. The summed E-state index contributed by atoms with van der Waals surface area (Å²) in [5.74, 6) is 0. The molecule has 0 aromatic carbocycles. The first-order valence-electron chi connectivity index (χ1n) is 5.77. The first-order chi connectivity index (χ1) is 7.01. The van der Waals surface area contributed by atoms with Crippen LogP contribution >= 0.6 is 0 Å². The minimum absolute atomic E-state index is 0.0276. The van der Waals surface area contributed by atoms with Crippen LogP contribution in [0.25, 0.3) is 0 Å². The maximum Gasteiger partial charge on any atom is 0.0598 e. The lowest BCUT2D eigenvalue weighted by molar-refractivity contribution is -0.00648. The topological polar surface area (TPSA) is 44.7 Å². The highest BCUT2D eigenvalue weighted by Crippen LogP contribution is 2.10. The summed E-state index contributed by atoms with van der Waals surface area (Å²) < 4.78 is 5.65. The summed E-state index contributed by atoms with van der Waals surface area (Å²) in [6.07, 6.45) is 2.10. The van der Waals surface area contributed by atoms with E-state index in [2.05, 4.69) is 31.2 Å². The van der Waals surface area contributed by atoms with Crippen LogP contribution in [-0.4, -0.2) is 48.0 Å². The molecule has 0 aromatic rings. The van der Waals surface area contributed by atoms with E-state index in [1.165, 1.54) is 0 Å². The van der Waals surface area contributed by atoms with Gasteiger partial charge in [-0.2, -0.15) is 0 Å². The van der Waals surface area contributed by atoms with E-state index in [0.717, 1.165) is 39.1 Å². The maximum absolute atomic E-state index is 8.76. The van der Waals surface area contributed by atoms with Crippen molar-refractivity contribution in [3.8, 4) is 0 Å². The second-order valence-corrected chi connectivity index (χ2v) is 5.23. The fraction of sp³-hybridized carbons (Fsp3) is 1.00. The van der Waals surface area contributed by atoms with Gasteiger partial charge < -0.3 is 14.8 Å². The van der Waals surface area contributed by atoms with Gasteiger partial charge >= 0.3 is 0 Å². The lowest BCUT2D eigenvalue weighted by atomic mass is 10.2. The molecule has 90 valence electrons. The van der Waals surface area contributed by atoms with E-state index in [9.17, 15) is 0 Å². The fourth-order valence-corrected chi connectivity index (χ4v) is 1.81. The van der Waals surface area contributed by atoms with Crippen molar-refractivity contribution in [2.24, 2.45) is 0 Å². The Bertz CT molecular complexity index is 180. The molecule has 0 aromatic heterocycles. The zero-order valence-electron chi connectivity index (χ0n) is 10.1. The van der Waals surface area contributed by atoms with Crippen molar-refractivity contribution < 1.29 is 9.94 Å². The Kier molecular flexibility index (Phi) is 4.99. The van der Waals surface area contributed by atoms with E-state index in [1.54, 1.807) is 0 Å². The summed E-state index contributed by atoms with van der Waals surface area (Å²) in [7, 11) is 0. The summed E-state index contributed by atoms with van der Waals surface area (Å²) in [5, 5.41) is 8.76. The first-order valence-corrected chi connectivity index (χ1v) is 5.77. The lowest BCUT2D eigenvalue weighted by Gasteiger charge is -2.21. The predicted octanol–water partition coefficient (Wildman–Crippen LogP) is 1.24. The highest BCUT2D eigenvalue weighted by molar-refractivity contribution is 4.78. The third-order valence-corrected chi connectivity index (χ3v) is 2.61. The smallest absolute Gasteiger partial charge is 0.0598 e. The van der Waals surface area contributed by atoms with Gasteiger partial charge in [0.15, 0.2) is 0 Å². The van der Waals surface area contributed by atoms with Crippen LogP contribution in [0, 0.1) is 0 Å². The Morgan fingerprint density at radius 2 is 2.20 bits per heavy atom. The van der Waals surface area contributed by atoms with Crippen LogP contribution in [0.3, 0.4) is 0 Å². The molecule has 4 heteroatoms. The lowest BCUT2D eigenvalue weighted by Crippen LogP contribution is -2.31. The first kappa shape index (κ1) is 12.9. The normalized spacial score (nSPS) is 23.6. The Morgan fingerprint density at radius 3 is 2.73 bits per heavy atom. The number of likely N-dealkylation sites (tertiary alicyclic amines) is 1. The average molecular weight is 216 g/mol. The van der Waals surface area contributed by atoms with Gasteiger partial charge in [0.25, 0.3) is 0 Å². The molecule has 1 aliphatic heterocycles. The van der Waals surface area contributed by atoms with Crippen molar-refractivity contribution in [3.63, 3.8) is 0 Å². The minimum Gasteiger partial charge on any atom is -0.376 e. The number of nitrogens with one attached hydrogen (secondary N) is 1. The highest BCUT2D eigenvalue weighted by atomic mass is 16.5. The van der Waals surface area contributed by atoms with Crippen molar-refractivity contribution in [3.05, 3.63) is 0 Å². The molecular weight excluding hydrogens is 192 g/mol. The second-order valence-electron chi connectivity index (χ2n) is 5.23. The van der Waals surface area contributed by atoms with Crippen LogP contribution in [0.4, 0.5) is 0 Å². The molecule has 0 spiro atoms. The van der Waals surface area contributed by atoms with Crippen LogP contribution in [0.1, 0.15) is 33.6 Å². The number of nitrogens with zero attached hydrogens (tertiary/aromatic N) is 1. The predicted molar refractivity (Wildman–Crippen MR) is 60.1 cm³/mol. The monoisotopic (exact) mass is 216 g/mol. The van der Waals surface area contributed by atoms with Crippen molar-refractivity contribution in [1.82, 2.24) is 10.4 Å². The van der Waals surface area contributed by atoms with Gasteiger partial charge in [0, 0.05) is 25.7 Å². The standard InChI is InChI=1S/C11H24N2O2/c1-11(2,3)15-8-4-6-13-7-5-10(9-13)12-14/h10,12,14H,4-9H2,1-3H3. The fourth-order valence-electron chi connectivity index (χ4n) is 1.81. The molecule has 0 saturated carbocycles. The molecule has 2 N–H and O–H groups in total. The van der Waals surface area contributed by atoms with Gasteiger partial charge in [-0.3, -0.25) is 0 Å². The molecular formula is C11H24N2O2. The van der Waals surface area contributed by atoms with Crippen LogP contribution in [-0.2, 0) is 4.74 Å². The van der Waals surface area contributed by atoms with Crippen molar-refractivity contribution in [2.45, 2.75) is 45.3 Å². The third kappa shape index (κ3) is 5.47. The molecule has 1 heterocycles. The Labute approximate surface area is 92.6 Å². The van der Waals surface area contributed by atoms with Gasteiger partial charge in [0.2, 0.25) is 0 Å². The zero-order valence-corrected chi connectivity index (χ0v) is 10.1. The zero-order chi connectivity index (χ0) is 11.3. The van der Waals surface area contributed by atoms with E-state index < -0.39 is 0 Å². The largest absolute Gasteiger partial charge is 0.376 e. The Morgan fingerprint density at radius 1 is 1.47 bits per heavy atom. The quantitative estimate of drug-likeness (QED) is 0.536. The SMILES string of the molecule is CC(C)(C)OCCCN1CCC(NO)C1. The third-order valence-electron chi connectivity index (χ3n) is 2.61. The molecule has 4 nitrogen and oxygen atoms in total. The summed E-state index contributed by atoms with van der Waals surface area (Å²) in [4.78, 5) is 2.36. The molecule has 0 amide bonds. The van der Waals surface area contributed by atoms with E-state index in [-0.39, 0.29) is 11.6 Å². The molecule has 1 saturated heterocycles. The van der Waals surface area contributed by atoms with E-state index in [0.29, 0.717) is 0 Å². The van der Waals surface area contributed by atoms with E-state index >= 15 is 0 Å². The summed E-state index contributed by atoms with van der Waals surface area (Å²) in [6, 6.07) is 0.258. The van der Waals surface area contributed by atoms with Crippen LogP contribution in [0.2, 0.25) is 0 Å². The van der Waals surface area contributed by atoms with Gasteiger partial charge in [-0.05, 0) is 40.2 Å². The number of rotatable bonds is 5. The minimum atomic E-state index is -0.0276. The van der Waals surface area contributed by atoms with Crippen molar-refractivity contribution >= 4 is 0 Å². The summed E-state index contributed by atoms with van der Waals surface area (Å²) >= 11 is 0. The van der Waals surface area contributed by atoms with Crippen LogP contribution < -0.4 is 5.48 Å². The molecule has 0 radical (unpaired) electrons. The maximum atomic E-state index is 8.76. The van der Waals surface area contributed by atoms with Crippen molar-refractivity contribution in [1.29, 1.82) is 0 Å². The van der Waals surface area contributed by atoms with Gasteiger partial charge in [0.1, 0.15) is 0 Å². The number of hydrogen-bond donors (Lipinski definition) is 2. The van der Waals surface area contributed by atoms with Crippen LogP contribution in [0.15, 0.2) is 0 Å². The Hall–Kier alpha value is -0.160. The summed E-state index contributed by atoms with van der Waals surface area (Å²) in [5.41, 5.74) is 2.31. The Balaban J connectivity index is 2.02. The van der Waals surface area contributed by atoms with Crippen molar-refractivity contribution in [2.75, 3.05) is 26.2 Å². The van der Waals surface area contributed by atoms with Gasteiger partial charge in [-0.1, -0.05) is 0 Å². The van der Waals surface area contributed by atoms with Crippen LogP contribution in [0.5, 0.6) is 0 Å². The molecule has 15 heavy (non-hydrogen) atoms.